The van der Waals surface area contributed by atoms with Crippen LogP contribution >= 0.6 is 0 Å². The van der Waals surface area contributed by atoms with Crippen molar-refractivity contribution in [1.82, 2.24) is 4.90 Å². The summed E-state index contributed by atoms with van der Waals surface area (Å²) >= 11 is 0. The first kappa shape index (κ1) is 10.6. The van der Waals surface area contributed by atoms with E-state index in [0.717, 1.165) is 12.8 Å². The zero-order valence-corrected chi connectivity index (χ0v) is 9.30. The Kier molecular flexibility index (Phi) is 3.01. The van der Waals surface area contributed by atoms with Crippen LogP contribution in [0.4, 0.5) is 0 Å². The SMILES string of the molecule is CCCC1=CCC(C)N1C(C)(C)N. The van der Waals surface area contributed by atoms with E-state index in [4.69, 9.17) is 5.73 Å². The van der Waals surface area contributed by atoms with E-state index >= 15 is 0 Å². The molecule has 0 bridgehead atoms. The van der Waals surface area contributed by atoms with Crippen LogP contribution in [-0.4, -0.2) is 16.6 Å². The van der Waals surface area contributed by atoms with Gasteiger partial charge in [0.1, 0.15) is 0 Å². The highest BCUT2D eigenvalue weighted by Gasteiger charge is 2.31. The van der Waals surface area contributed by atoms with Gasteiger partial charge in [-0.25, -0.2) is 0 Å². The van der Waals surface area contributed by atoms with Gasteiger partial charge in [-0.15, -0.1) is 0 Å². The molecule has 76 valence electrons. The lowest BCUT2D eigenvalue weighted by Gasteiger charge is -2.39. The van der Waals surface area contributed by atoms with Gasteiger partial charge in [-0.2, -0.15) is 0 Å². The predicted molar refractivity (Wildman–Crippen MR) is 57.2 cm³/mol. The van der Waals surface area contributed by atoms with Crippen molar-refractivity contribution in [2.24, 2.45) is 5.73 Å². The van der Waals surface area contributed by atoms with Crippen LogP contribution < -0.4 is 5.73 Å². The first-order chi connectivity index (χ1) is 5.96. The van der Waals surface area contributed by atoms with Crippen molar-refractivity contribution in [3.63, 3.8) is 0 Å². The third-order valence-electron chi connectivity index (χ3n) is 2.57. The lowest BCUT2D eigenvalue weighted by molar-refractivity contribution is 0.137. The van der Waals surface area contributed by atoms with Gasteiger partial charge in [0.2, 0.25) is 0 Å². The minimum Gasteiger partial charge on any atom is -0.355 e. The summed E-state index contributed by atoms with van der Waals surface area (Å²) in [4.78, 5) is 2.36. The van der Waals surface area contributed by atoms with Gasteiger partial charge in [0.05, 0.1) is 5.66 Å². The van der Waals surface area contributed by atoms with Crippen LogP contribution in [0.25, 0.3) is 0 Å². The molecule has 0 spiro atoms. The number of hydrogen-bond acceptors (Lipinski definition) is 2. The van der Waals surface area contributed by atoms with Crippen molar-refractivity contribution in [3.8, 4) is 0 Å². The van der Waals surface area contributed by atoms with Crippen molar-refractivity contribution in [2.45, 2.75) is 58.7 Å². The number of nitrogens with two attached hydrogens (primary N) is 1. The molecule has 0 radical (unpaired) electrons. The van der Waals surface area contributed by atoms with Gasteiger partial charge < -0.3 is 10.6 Å². The molecule has 0 fully saturated rings. The minimum atomic E-state index is -0.211. The van der Waals surface area contributed by atoms with Gasteiger partial charge in [-0.1, -0.05) is 19.4 Å². The third kappa shape index (κ3) is 2.25. The van der Waals surface area contributed by atoms with Gasteiger partial charge in [-0.05, 0) is 33.6 Å². The highest BCUT2D eigenvalue weighted by Crippen LogP contribution is 2.30. The second-order valence-corrected chi connectivity index (χ2v) is 4.55. The number of hydrogen-bond donors (Lipinski definition) is 1. The Balaban J connectivity index is 2.74. The van der Waals surface area contributed by atoms with Crippen LogP contribution in [0, 0.1) is 0 Å². The highest BCUT2D eigenvalue weighted by molar-refractivity contribution is 5.13. The lowest BCUT2D eigenvalue weighted by Crippen LogP contribution is -2.52. The Bertz CT molecular complexity index is 201. The van der Waals surface area contributed by atoms with Crippen molar-refractivity contribution in [2.75, 3.05) is 0 Å². The van der Waals surface area contributed by atoms with Gasteiger partial charge >= 0.3 is 0 Å². The smallest absolute Gasteiger partial charge is 0.0826 e. The first-order valence-corrected chi connectivity index (χ1v) is 5.24. The molecule has 0 amide bonds. The Morgan fingerprint density at radius 1 is 1.62 bits per heavy atom. The fraction of sp³-hybridized carbons (Fsp3) is 0.818. The monoisotopic (exact) mass is 182 g/mol. The van der Waals surface area contributed by atoms with Crippen molar-refractivity contribution in [1.29, 1.82) is 0 Å². The third-order valence-corrected chi connectivity index (χ3v) is 2.57. The van der Waals surface area contributed by atoms with Crippen molar-refractivity contribution in [3.05, 3.63) is 11.8 Å². The Morgan fingerprint density at radius 3 is 2.69 bits per heavy atom. The molecule has 1 heterocycles. The summed E-state index contributed by atoms with van der Waals surface area (Å²) in [5.41, 5.74) is 7.36. The van der Waals surface area contributed by atoms with E-state index in [9.17, 15) is 0 Å². The molecule has 0 saturated heterocycles. The van der Waals surface area contributed by atoms with Gasteiger partial charge in [0.25, 0.3) is 0 Å². The molecule has 0 aromatic carbocycles. The van der Waals surface area contributed by atoms with E-state index in [2.05, 4.69) is 38.7 Å². The predicted octanol–water partition coefficient (Wildman–Crippen LogP) is 2.46. The average molecular weight is 182 g/mol. The summed E-state index contributed by atoms with van der Waals surface area (Å²) in [6.45, 7) is 8.62. The van der Waals surface area contributed by atoms with Gasteiger partial charge in [0, 0.05) is 11.7 Å². The van der Waals surface area contributed by atoms with Crippen molar-refractivity contribution >= 4 is 0 Å². The molecule has 1 aliphatic rings. The molecule has 1 rings (SSSR count). The maximum absolute atomic E-state index is 6.14. The quantitative estimate of drug-likeness (QED) is 0.726. The molecular weight excluding hydrogens is 160 g/mol. The molecule has 0 aromatic rings. The second kappa shape index (κ2) is 3.70. The molecule has 1 atom stereocenters. The maximum atomic E-state index is 6.14. The van der Waals surface area contributed by atoms with Gasteiger partial charge in [-0.3, -0.25) is 0 Å². The van der Waals surface area contributed by atoms with E-state index < -0.39 is 0 Å². The summed E-state index contributed by atoms with van der Waals surface area (Å²) in [5, 5.41) is 0. The van der Waals surface area contributed by atoms with E-state index in [1.165, 1.54) is 12.1 Å². The average Bonchev–Trinajstić information content (AvgIpc) is 2.31. The molecular formula is C11H22N2. The summed E-state index contributed by atoms with van der Waals surface area (Å²) in [7, 11) is 0. The normalized spacial score (nSPS) is 23.6. The molecule has 0 aromatic heterocycles. The topological polar surface area (TPSA) is 29.3 Å². The van der Waals surface area contributed by atoms with E-state index in [0.29, 0.717) is 6.04 Å². The lowest BCUT2D eigenvalue weighted by atomic mass is 10.1. The van der Waals surface area contributed by atoms with Crippen LogP contribution in [0.3, 0.4) is 0 Å². The molecule has 2 nitrogen and oxygen atoms in total. The molecule has 0 saturated carbocycles. The second-order valence-electron chi connectivity index (χ2n) is 4.55. The molecule has 13 heavy (non-hydrogen) atoms. The van der Waals surface area contributed by atoms with Crippen LogP contribution in [0.5, 0.6) is 0 Å². The van der Waals surface area contributed by atoms with E-state index in [1.54, 1.807) is 0 Å². The van der Waals surface area contributed by atoms with E-state index in [1.807, 2.05) is 0 Å². The number of rotatable bonds is 3. The zero-order valence-electron chi connectivity index (χ0n) is 9.30. The zero-order chi connectivity index (χ0) is 10.1. The van der Waals surface area contributed by atoms with Gasteiger partial charge in [0.15, 0.2) is 0 Å². The fourth-order valence-electron chi connectivity index (χ4n) is 2.21. The summed E-state index contributed by atoms with van der Waals surface area (Å²) in [6.07, 6.45) is 5.84. The van der Waals surface area contributed by atoms with Crippen LogP contribution in [0.15, 0.2) is 11.8 Å². The first-order valence-electron chi connectivity index (χ1n) is 5.24. The van der Waals surface area contributed by atoms with Crippen LogP contribution in [0.2, 0.25) is 0 Å². The van der Waals surface area contributed by atoms with Crippen LogP contribution in [-0.2, 0) is 0 Å². The highest BCUT2D eigenvalue weighted by atomic mass is 15.3. The number of allylic oxidation sites excluding steroid dienone is 1. The molecule has 1 unspecified atom stereocenters. The fourth-order valence-corrected chi connectivity index (χ4v) is 2.21. The molecule has 1 aliphatic heterocycles. The van der Waals surface area contributed by atoms with E-state index in [-0.39, 0.29) is 5.66 Å². The minimum absolute atomic E-state index is 0.211. The molecule has 2 heteroatoms. The summed E-state index contributed by atoms with van der Waals surface area (Å²) in [6, 6.07) is 0.571. The standard InChI is InChI=1S/C11H22N2/c1-5-6-10-8-7-9(2)13(10)11(3,4)12/h8-9H,5-7,12H2,1-4H3. The summed E-state index contributed by atoms with van der Waals surface area (Å²) in [5.74, 6) is 0. The Morgan fingerprint density at radius 2 is 2.23 bits per heavy atom. The number of nitrogens with zero attached hydrogens (tertiary/aromatic N) is 1. The molecule has 2 N–H and O–H groups in total. The van der Waals surface area contributed by atoms with Crippen molar-refractivity contribution < 1.29 is 0 Å². The summed E-state index contributed by atoms with van der Waals surface area (Å²) < 4.78 is 0. The Labute approximate surface area is 81.8 Å². The van der Waals surface area contributed by atoms with Crippen LogP contribution in [0.1, 0.15) is 47.0 Å². The Hall–Kier alpha value is -0.500. The molecule has 0 aliphatic carbocycles. The maximum Gasteiger partial charge on any atom is 0.0826 e. The largest absolute Gasteiger partial charge is 0.355 e.